The van der Waals surface area contributed by atoms with Crippen molar-refractivity contribution in [1.82, 2.24) is 14.8 Å². The van der Waals surface area contributed by atoms with Gasteiger partial charge in [0.05, 0.1) is 0 Å². The number of aromatic nitrogens is 3. The van der Waals surface area contributed by atoms with Gasteiger partial charge in [0.15, 0.2) is 0 Å². The number of carbonyl (C=O) groups excluding carboxylic acids is 1. The second-order valence-corrected chi connectivity index (χ2v) is 7.63. The Morgan fingerprint density at radius 1 is 1.03 bits per heavy atom. The van der Waals surface area contributed by atoms with Gasteiger partial charge in [-0.05, 0) is 43.2 Å². The zero-order chi connectivity index (χ0) is 20.5. The third kappa shape index (κ3) is 3.34. The fourth-order valence-electron chi connectivity index (χ4n) is 3.61. The predicted octanol–water partition coefficient (Wildman–Crippen LogP) is 5.84. The molecule has 146 valence electrons. The van der Waals surface area contributed by atoms with Crippen molar-refractivity contribution in [3.8, 4) is 22.7 Å². The van der Waals surface area contributed by atoms with E-state index in [1.165, 1.54) is 0 Å². The lowest BCUT2D eigenvalue weighted by molar-refractivity contribution is 0.0959. The van der Waals surface area contributed by atoms with Crippen LogP contribution in [0, 0.1) is 13.8 Å². The van der Waals surface area contributed by atoms with Gasteiger partial charge < -0.3 is 4.42 Å². The summed E-state index contributed by atoms with van der Waals surface area (Å²) in [5.74, 6) is 0.764. The van der Waals surface area contributed by atoms with Gasteiger partial charge in [-0.2, -0.15) is 0 Å². The molecule has 2 heterocycles. The molecule has 0 aliphatic heterocycles. The summed E-state index contributed by atoms with van der Waals surface area (Å²) < 4.78 is 8.50. The molecule has 0 radical (unpaired) electrons. The fourth-order valence-corrected chi connectivity index (χ4v) is 4.09. The summed E-state index contributed by atoms with van der Waals surface area (Å²) in [4.78, 5) is 13.5. The van der Waals surface area contributed by atoms with Crippen molar-refractivity contribution in [2.45, 2.75) is 27.2 Å². The van der Waals surface area contributed by atoms with Gasteiger partial charge in [0, 0.05) is 27.7 Å². The summed E-state index contributed by atoms with van der Waals surface area (Å²) in [5, 5.41) is 8.33. The Labute approximate surface area is 177 Å². The van der Waals surface area contributed by atoms with Crippen molar-refractivity contribution in [2.75, 3.05) is 0 Å². The first-order chi connectivity index (χ1) is 14.0. The number of nitrogens with zero attached hydrogens (tertiary/aromatic N) is 3. The molecule has 2 aromatic carbocycles. The van der Waals surface area contributed by atoms with Crippen molar-refractivity contribution in [1.29, 1.82) is 0 Å². The van der Waals surface area contributed by atoms with Crippen molar-refractivity contribution in [3.63, 3.8) is 0 Å². The molecular formula is C23H20BrN3O2. The van der Waals surface area contributed by atoms with Crippen LogP contribution in [0.5, 0.6) is 0 Å². The van der Waals surface area contributed by atoms with E-state index in [2.05, 4.69) is 26.1 Å². The van der Waals surface area contributed by atoms with Gasteiger partial charge in [0.2, 0.25) is 5.89 Å². The molecule has 0 saturated heterocycles. The molecule has 0 atom stereocenters. The van der Waals surface area contributed by atoms with Crippen LogP contribution in [0.15, 0.2) is 63.5 Å². The van der Waals surface area contributed by atoms with Crippen LogP contribution in [-0.4, -0.2) is 20.7 Å². The highest BCUT2D eigenvalue weighted by atomic mass is 79.9. The zero-order valence-corrected chi connectivity index (χ0v) is 18.0. The molecule has 5 nitrogen and oxygen atoms in total. The van der Waals surface area contributed by atoms with E-state index in [1.807, 2.05) is 75.4 Å². The van der Waals surface area contributed by atoms with Gasteiger partial charge in [-0.3, -0.25) is 9.36 Å². The lowest BCUT2D eigenvalue weighted by Gasteiger charge is -2.09. The van der Waals surface area contributed by atoms with E-state index in [4.69, 9.17) is 4.42 Å². The number of aryl methyl sites for hydroxylation is 1. The molecule has 29 heavy (non-hydrogen) atoms. The molecule has 0 aliphatic carbocycles. The third-order valence-electron chi connectivity index (χ3n) is 4.99. The molecule has 4 aromatic rings. The Hall–Kier alpha value is -2.99. The molecule has 0 bridgehead atoms. The normalized spacial score (nSPS) is 11.0. The molecule has 2 aromatic heterocycles. The van der Waals surface area contributed by atoms with Crippen LogP contribution in [0.3, 0.4) is 0 Å². The molecule has 0 amide bonds. The Morgan fingerprint density at radius 2 is 1.72 bits per heavy atom. The van der Waals surface area contributed by atoms with Crippen molar-refractivity contribution in [3.05, 3.63) is 81.8 Å². The maximum Gasteiger partial charge on any atom is 0.265 e. The summed E-state index contributed by atoms with van der Waals surface area (Å²) in [5.41, 5.74) is 4.97. The summed E-state index contributed by atoms with van der Waals surface area (Å²) in [7, 11) is 0. The molecule has 6 heteroatoms. The van der Waals surface area contributed by atoms with Gasteiger partial charge in [-0.25, -0.2) is 0 Å². The van der Waals surface area contributed by atoms with Crippen molar-refractivity contribution >= 4 is 21.8 Å². The van der Waals surface area contributed by atoms with E-state index in [9.17, 15) is 4.79 Å². The van der Waals surface area contributed by atoms with Gasteiger partial charge in [0.25, 0.3) is 11.8 Å². The fraction of sp³-hybridized carbons (Fsp3) is 0.174. The number of rotatable bonds is 4. The molecule has 0 unspecified atom stereocenters. The maximum atomic E-state index is 13.5. The minimum Gasteiger partial charge on any atom is -0.419 e. The summed E-state index contributed by atoms with van der Waals surface area (Å²) >= 11 is 3.64. The minimum atomic E-state index is -0.129. The monoisotopic (exact) mass is 449 g/mol. The largest absolute Gasteiger partial charge is 0.419 e. The van der Waals surface area contributed by atoms with E-state index in [0.717, 1.165) is 26.9 Å². The molecule has 0 N–H and O–H groups in total. The second kappa shape index (κ2) is 7.79. The topological polar surface area (TPSA) is 60.9 Å². The number of hydrogen-bond acceptors (Lipinski definition) is 4. The minimum absolute atomic E-state index is 0.129. The van der Waals surface area contributed by atoms with Crippen LogP contribution >= 0.6 is 15.9 Å². The first kappa shape index (κ1) is 19.3. The van der Waals surface area contributed by atoms with Crippen LogP contribution in [-0.2, 0) is 6.42 Å². The highest BCUT2D eigenvalue weighted by Crippen LogP contribution is 2.40. The summed E-state index contributed by atoms with van der Waals surface area (Å²) in [6.45, 7) is 5.89. The van der Waals surface area contributed by atoms with Crippen LogP contribution in [0.4, 0.5) is 0 Å². The Bertz CT molecular complexity index is 1190. The van der Waals surface area contributed by atoms with E-state index >= 15 is 0 Å². The highest BCUT2D eigenvalue weighted by molar-refractivity contribution is 9.10. The third-order valence-corrected chi connectivity index (χ3v) is 5.68. The first-order valence-corrected chi connectivity index (χ1v) is 10.2. The SMILES string of the molecule is CCc1nnc(-c2c(C)c(-c3ccccc3Br)c(C)n2C(=O)c2ccccc2)o1. The quantitative estimate of drug-likeness (QED) is 0.392. The van der Waals surface area contributed by atoms with Crippen LogP contribution < -0.4 is 0 Å². The standard InChI is InChI=1S/C23H20BrN3O2/c1-4-19-25-26-22(29-19)21-14(2)20(17-12-8-9-13-18(17)24)15(3)27(21)23(28)16-10-6-5-7-11-16/h5-13H,4H2,1-3H3. The van der Waals surface area contributed by atoms with E-state index < -0.39 is 0 Å². The summed E-state index contributed by atoms with van der Waals surface area (Å²) in [6, 6.07) is 17.2. The van der Waals surface area contributed by atoms with E-state index in [0.29, 0.717) is 29.5 Å². The number of halogens is 1. The van der Waals surface area contributed by atoms with Crippen LogP contribution in [0.25, 0.3) is 22.7 Å². The Morgan fingerprint density at radius 3 is 2.38 bits per heavy atom. The second-order valence-electron chi connectivity index (χ2n) is 6.77. The maximum absolute atomic E-state index is 13.5. The average Bonchev–Trinajstić information content (AvgIpc) is 3.31. The highest BCUT2D eigenvalue weighted by Gasteiger charge is 2.28. The lowest BCUT2D eigenvalue weighted by atomic mass is 10.0. The Kier molecular flexibility index (Phi) is 5.20. The summed E-state index contributed by atoms with van der Waals surface area (Å²) in [6.07, 6.45) is 0.634. The van der Waals surface area contributed by atoms with Gasteiger partial charge in [-0.1, -0.05) is 59.3 Å². The molecule has 0 fully saturated rings. The predicted molar refractivity (Wildman–Crippen MR) is 116 cm³/mol. The van der Waals surface area contributed by atoms with Gasteiger partial charge in [-0.15, -0.1) is 10.2 Å². The van der Waals surface area contributed by atoms with Gasteiger partial charge in [0.1, 0.15) is 5.69 Å². The zero-order valence-electron chi connectivity index (χ0n) is 16.4. The number of benzene rings is 2. The molecule has 0 spiro atoms. The first-order valence-electron chi connectivity index (χ1n) is 9.42. The van der Waals surface area contributed by atoms with E-state index in [1.54, 1.807) is 4.57 Å². The van der Waals surface area contributed by atoms with Crippen LogP contribution in [0.1, 0.15) is 34.4 Å². The molecular weight excluding hydrogens is 430 g/mol. The smallest absolute Gasteiger partial charge is 0.265 e. The van der Waals surface area contributed by atoms with Crippen LogP contribution in [0.2, 0.25) is 0 Å². The van der Waals surface area contributed by atoms with Crippen molar-refractivity contribution in [2.24, 2.45) is 0 Å². The molecule has 0 aliphatic rings. The Balaban J connectivity index is 2.01. The number of carbonyl (C=O) groups is 1. The average molecular weight is 450 g/mol. The van der Waals surface area contributed by atoms with Gasteiger partial charge >= 0.3 is 0 Å². The van der Waals surface area contributed by atoms with E-state index in [-0.39, 0.29) is 5.91 Å². The van der Waals surface area contributed by atoms with Crippen molar-refractivity contribution < 1.29 is 9.21 Å². The number of hydrogen-bond donors (Lipinski definition) is 0. The molecule has 4 rings (SSSR count). The lowest BCUT2D eigenvalue weighted by Crippen LogP contribution is -2.15. The molecule has 0 saturated carbocycles.